The van der Waals surface area contributed by atoms with Gasteiger partial charge in [-0.2, -0.15) is 0 Å². The molecule has 10 heteroatoms. The van der Waals surface area contributed by atoms with E-state index in [1.165, 1.54) is 24.9 Å². The molecule has 156 valence electrons. The zero-order valence-corrected chi connectivity index (χ0v) is 15.5. The van der Waals surface area contributed by atoms with Crippen molar-refractivity contribution in [3.05, 3.63) is 65.0 Å². The van der Waals surface area contributed by atoms with Crippen LogP contribution in [0, 0.1) is 29.1 Å². The lowest BCUT2D eigenvalue weighted by atomic mass is 10.1. The minimum Gasteiger partial charge on any atom is -0.348 e. The second kappa shape index (κ2) is 9.46. The number of anilines is 1. The van der Waals surface area contributed by atoms with Crippen molar-refractivity contribution in [2.45, 2.75) is 13.0 Å². The minimum absolute atomic E-state index is 0.0916. The number of nitrogens with zero attached hydrogens (tertiary/aromatic N) is 1. The molecule has 0 fully saturated rings. The maximum absolute atomic E-state index is 13.7. The third-order valence-electron chi connectivity index (χ3n) is 3.94. The molecule has 0 aliphatic carbocycles. The van der Waals surface area contributed by atoms with Crippen LogP contribution in [0.25, 0.3) is 0 Å². The van der Waals surface area contributed by atoms with Gasteiger partial charge in [0.05, 0.1) is 24.8 Å². The predicted octanol–water partition coefficient (Wildman–Crippen LogP) is 3.13. The van der Waals surface area contributed by atoms with Crippen molar-refractivity contribution in [3.8, 4) is 0 Å². The van der Waals surface area contributed by atoms with E-state index in [0.29, 0.717) is 12.1 Å². The van der Waals surface area contributed by atoms with Crippen molar-refractivity contribution < 1.29 is 31.5 Å². The fourth-order valence-electron chi connectivity index (χ4n) is 2.58. The number of rotatable bonds is 7. The molecule has 2 N–H and O–H groups in total. The van der Waals surface area contributed by atoms with Crippen LogP contribution in [0.1, 0.15) is 18.5 Å². The summed E-state index contributed by atoms with van der Waals surface area (Å²) in [5, 5.41) is 4.59. The number of amides is 2. The van der Waals surface area contributed by atoms with E-state index in [9.17, 15) is 31.5 Å². The number of hydrogen-bond donors (Lipinski definition) is 2. The summed E-state index contributed by atoms with van der Waals surface area (Å²) in [6.45, 7) is 0.888. The van der Waals surface area contributed by atoms with Crippen LogP contribution in [-0.2, 0) is 9.59 Å². The van der Waals surface area contributed by atoms with E-state index in [-0.39, 0.29) is 18.7 Å². The summed E-state index contributed by atoms with van der Waals surface area (Å²) in [5.41, 5.74) is -0.443. The van der Waals surface area contributed by atoms with Gasteiger partial charge in [0.2, 0.25) is 11.8 Å². The normalized spacial score (nSPS) is 12.0. The summed E-state index contributed by atoms with van der Waals surface area (Å²) in [6.07, 6.45) is 0. The zero-order chi connectivity index (χ0) is 21.7. The average molecular weight is 415 g/mol. The van der Waals surface area contributed by atoms with Crippen molar-refractivity contribution in [3.63, 3.8) is 0 Å². The zero-order valence-electron chi connectivity index (χ0n) is 15.5. The van der Waals surface area contributed by atoms with Crippen LogP contribution < -0.4 is 10.6 Å². The molecule has 2 amide bonds. The highest BCUT2D eigenvalue weighted by molar-refractivity contribution is 5.92. The maximum atomic E-state index is 13.7. The SMILES string of the molecule is C[C@@H](NC(=O)CN(C)CC(=O)Nc1ccc(F)c(F)c1F)c1ccc(F)cc1F. The monoisotopic (exact) mass is 415 g/mol. The minimum atomic E-state index is -1.71. The summed E-state index contributed by atoms with van der Waals surface area (Å²) in [6, 6.07) is 3.77. The molecule has 0 aliphatic rings. The third kappa shape index (κ3) is 5.98. The Kier molecular flexibility index (Phi) is 7.27. The molecule has 1 atom stereocenters. The standard InChI is InChI=1S/C19H18F5N3O2/c1-10(12-4-3-11(20)7-14(12)22)25-16(28)8-27(2)9-17(29)26-15-6-5-13(21)18(23)19(15)24/h3-7,10H,8-9H2,1-2H3,(H,25,28)(H,26,29)/t10-/m1/s1. The third-order valence-corrected chi connectivity index (χ3v) is 3.94. The van der Waals surface area contributed by atoms with Crippen molar-refractivity contribution in [1.29, 1.82) is 0 Å². The first-order chi connectivity index (χ1) is 13.6. The number of likely N-dealkylation sites (N-methyl/N-ethyl adjacent to an activating group) is 1. The number of carbonyl (C=O) groups excluding carboxylic acids is 2. The van der Waals surface area contributed by atoms with E-state index in [1.54, 1.807) is 0 Å². The van der Waals surface area contributed by atoms with Gasteiger partial charge in [-0.25, -0.2) is 22.0 Å². The van der Waals surface area contributed by atoms with Gasteiger partial charge < -0.3 is 10.6 Å². The highest BCUT2D eigenvalue weighted by Crippen LogP contribution is 2.20. The quantitative estimate of drug-likeness (QED) is 0.540. The summed E-state index contributed by atoms with van der Waals surface area (Å²) < 4.78 is 66.3. The first kappa shape index (κ1) is 22.3. The topological polar surface area (TPSA) is 61.4 Å². The second-order valence-electron chi connectivity index (χ2n) is 6.40. The van der Waals surface area contributed by atoms with Crippen LogP contribution in [0.2, 0.25) is 0 Å². The van der Waals surface area contributed by atoms with Crippen LogP contribution in [0.4, 0.5) is 27.6 Å². The molecule has 0 heterocycles. The Balaban J connectivity index is 1.88. The van der Waals surface area contributed by atoms with Crippen LogP contribution >= 0.6 is 0 Å². The molecule has 2 rings (SSSR count). The Hall–Kier alpha value is -3.01. The number of carbonyl (C=O) groups is 2. The molecule has 2 aromatic carbocycles. The smallest absolute Gasteiger partial charge is 0.238 e. The highest BCUT2D eigenvalue weighted by atomic mass is 19.2. The van der Waals surface area contributed by atoms with Crippen LogP contribution in [-0.4, -0.2) is 36.9 Å². The average Bonchev–Trinajstić information content (AvgIpc) is 2.61. The molecular weight excluding hydrogens is 397 g/mol. The van der Waals surface area contributed by atoms with Gasteiger partial charge in [-0.1, -0.05) is 6.07 Å². The predicted molar refractivity (Wildman–Crippen MR) is 95.4 cm³/mol. The highest BCUT2D eigenvalue weighted by Gasteiger charge is 2.18. The fourth-order valence-corrected chi connectivity index (χ4v) is 2.58. The molecule has 0 spiro atoms. The van der Waals surface area contributed by atoms with E-state index in [0.717, 1.165) is 12.1 Å². The first-order valence-electron chi connectivity index (χ1n) is 8.44. The fraction of sp³-hybridized carbons (Fsp3) is 0.263. The van der Waals surface area contributed by atoms with Gasteiger partial charge in [0.15, 0.2) is 17.5 Å². The van der Waals surface area contributed by atoms with E-state index >= 15 is 0 Å². The molecule has 0 unspecified atom stereocenters. The van der Waals surface area contributed by atoms with Crippen molar-refractivity contribution in [1.82, 2.24) is 10.2 Å². The van der Waals surface area contributed by atoms with Gasteiger partial charge in [0, 0.05) is 11.6 Å². The van der Waals surface area contributed by atoms with Crippen LogP contribution in [0.5, 0.6) is 0 Å². The summed E-state index contributed by atoms with van der Waals surface area (Å²) in [5.74, 6) is -7.49. The Bertz CT molecular complexity index is 923. The molecule has 5 nitrogen and oxygen atoms in total. The van der Waals surface area contributed by atoms with Gasteiger partial charge in [0.25, 0.3) is 0 Å². The lowest BCUT2D eigenvalue weighted by Crippen LogP contribution is -2.40. The Labute approximate surface area is 163 Å². The number of benzene rings is 2. The first-order valence-corrected chi connectivity index (χ1v) is 8.44. The summed E-state index contributed by atoms with van der Waals surface area (Å²) in [4.78, 5) is 25.3. The van der Waals surface area contributed by atoms with Gasteiger partial charge in [-0.15, -0.1) is 0 Å². The summed E-state index contributed by atoms with van der Waals surface area (Å²) >= 11 is 0. The Morgan fingerprint density at radius 3 is 2.24 bits per heavy atom. The van der Waals surface area contributed by atoms with Gasteiger partial charge in [-0.05, 0) is 32.2 Å². The number of nitrogens with one attached hydrogen (secondary N) is 2. The summed E-state index contributed by atoms with van der Waals surface area (Å²) in [7, 11) is 1.42. The largest absolute Gasteiger partial charge is 0.348 e. The van der Waals surface area contributed by atoms with Crippen LogP contribution in [0.15, 0.2) is 30.3 Å². The van der Waals surface area contributed by atoms with Gasteiger partial charge in [-0.3, -0.25) is 14.5 Å². The Morgan fingerprint density at radius 1 is 0.931 bits per heavy atom. The molecule has 29 heavy (non-hydrogen) atoms. The molecular formula is C19H18F5N3O2. The van der Waals surface area contributed by atoms with E-state index < -0.39 is 52.6 Å². The number of halogens is 5. The molecule has 0 aromatic heterocycles. The van der Waals surface area contributed by atoms with E-state index in [4.69, 9.17) is 0 Å². The van der Waals surface area contributed by atoms with Gasteiger partial charge >= 0.3 is 0 Å². The van der Waals surface area contributed by atoms with Gasteiger partial charge in [0.1, 0.15) is 11.6 Å². The molecule has 2 aromatic rings. The second-order valence-corrected chi connectivity index (χ2v) is 6.40. The number of hydrogen-bond acceptors (Lipinski definition) is 3. The molecule has 0 bridgehead atoms. The Morgan fingerprint density at radius 2 is 1.59 bits per heavy atom. The lowest BCUT2D eigenvalue weighted by Gasteiger charge is -2.19. The van der Waals surface area contributed by atoms with E-state index in [2.05, 4.69) is 10.6 Å². The van der Waals surface area contributed by atoms with E-state index in [1.807, 2.05) is 0 Å². The maximum Gasteiger partial charge on any atom is 0.238 e. The molecule has 0 saturated heterocycles. The van der Waals surface area contributed by atoms with Crippen LogP contribution in [0.3, 0.4) is 0 Å². The molecule has 0 saturated carbocycles. The van der Waals surface area contributed by atoms with Crippen molar-refractivity contribution >= 4 is 17.5 Å². The van der Waals surface area contributed by atoms with Crippen molar-refractivity contribution in [2.75, 3.05) is 25.5 Å². The molecule has 0 radical (unpaired) electrons. The molecule has 0 aliphatic heterocycles. The lowest BCUT2D eigenvalue weighted by molar-refractivity contribution is -0.123. The van der Waals surface area contributed by atoms with Crippen molar-refractivity contribution in [2.24, 2.45) is 0 Å².